The molecule has 0 aromatic carbocycles. The van der Waals surface area contributed by atoms with Crippen molar-refractivity contribution in [2.24, 2.45) is 5.92 Å². The third-order valence-electron chi connectivity index (χ3n) is 3.24. The molecule has 1 heterocycles. The number of nitrogens with zero attached hydrogens (tertiary/aromatic N) is 2. The van der Waals surface area contributed by atoms with Gasteiger partial charge in [0.25, 0.3) is 0 Å². The van der Waals surface area contributed by atoms with Crippen molar-refractivity contribution in [3.63, 3.8) is 0 Å². The van der Waals surface area contributed by atoms with Crippen LogP contribution in [0.2, 0.25) is 0 Å². The molecule has 0 aliphatic carbocycles. The van der Waals surface area contributed by atoms with E-state index in [1.54, 1.807) is 0 Å². The fourth-order valence-electron chi connectivity index (χ4n) is 2.21. The zero-order valence-electron chi connectivity index (χ0n) is 10.8. The molecule has 1 N–H and O–H groups in total. The van der Waals surface area contributed by atoms with E-state index in [4.69, 9.17) is 0 Å². The average molecular weight is 227 g/mol. The van der Waals surface area contributed by atoms with Crippen LogP contribution >= 0.6 is 0 Å². The lowest BCUT2D eigenvalue weighted by molar-refractivity contribution is -0.135. The van der Waals surface area contributed by atoms with E-state index < -0.39 is 0 Å². The SMILES string of the molecule is CCN(CC)C(=O)C(C)CN1CCNCC1. The minimum atomic E-state index is 0.123. The van der Waals surface area contributed by atoms with Crippen molar-refractivity contribution in [3.05, 3.63) is 0 Å². The van der Waals surface area contributed by atoms with Crippen LogP contribution in [-0.4, -0.2) is 61.5 Å². The first-order chi connectivity index (χ1) is 7.69. The zero-order valence-corrected chi connectivity index (χ0v) is 10.8. The minimum Gasteiger partial charge on any atom is -0.343 e. The molecule has 1 aliphatic heterocycles. The van der Waals surface area contributed by atoms with Crippen LogP contribution in [0.25, 0.3) is 0 Å². The molecule has 0 saturated carbocycles. The van der Waals surface area contributed by atoms with E-state index in [9.17, 15) is 4.79 Å². The third kappa shape index (κ3) is 3.76. The van der Waals surface area contributed by atoms with Crippen LogP contribution < -0.4 is 5.32 Å². The van der Waals surface area contributed by atoms with Crippen molar-refractivity contribution in [1.82, 2.24) is 15.1 Å². The smallest absolute Gasteiger partial charge is 0.226 e. The highest BCUT2D eigenvalue weighted by Crippen LogP contribution is 2.06. The van der Waals surface area contributed by atoms with Gasteiger partial charge in [-0.3, -0.25) is 4.79 Å². The van der Waals surface area contributed by atoms with Gasteiger partial charge in [-0.2, -0.15) is 0 Å². The normalized spacial score (nSPS) is 19.4. The molecule has 0 bridgehead atoms. The third-order valence-corrected chi connectivity index (χ3v) is 3.24. The highest BCUT2D eigenvalue weighted by atomic mass is 16.2. The molecule has 4 heteroatoms. The van der Waals surface area contributed by atoms with Crippen molar-refractivity contribution in [3.8, 4) is 0 Å². The molecule has 0 aromatic heterocycles. The Hall–Kier alpha value is -0.610. The summed E-state index contributed by atoms with van der Waals surface area (Å²) in [6.45, 7) is 12.9. The van der Waals surface area contributed by atoms with Gasteiger partial charge in [-0.15, -0.1) is 0 Å². The first-order valence-electron chi connectivity index (χ1n) is 6.40. The number of nitrogens with one attached hydrogen (secondary N) is 1. The van der Waals surface area contributed by atoms with E-state index in [2.05, 4.69) is 10.2 Å². The summed E-state index contributed by atoms with van der Waals surface area (Å²) in [6, 6.07) is 0. The molecule has 1 amide bonds. The summed E-state index contributed by atoms with van der Waals surface area (Å²) in [5.74, 6) is 0.418. The highest BCUT2D eigenvalue weighted by Gasteiger charge is 2.21. The maximum atomic E-state index is 12.1. The number of amides is 1. The molecular formula is C12H25N3O. The van der Waals surface area contributed by atoms with Gasteiger partial charge in [0.2, 0.25) is 5.91 Å². The Kier molecular flexibility index (Phi) is 5.77. The predicted octanol–water partition coefficient (Wildman–Crippen LogP) is 0.396. The summed E-state index contributed by atoms with van der Waals surface area (Å²) in [4.78, 5) is 16.4. The number of piperazine rings is 1. The second-order valence-electron chi connectivity index (χ2n) is 4.46. The molecule has 94 valence electrons. The Morgan fingerprint density at radius 1 is 1.31 bits per heavy atom. The molecule has 4 nitrogen and oxygen atoms in total. The lowest BCUT2D eigenvalue weighted by atomic mass is 10.1. The van der Waals surface area contributed by atoms with Crippen molar-refractivity contribution in [2.75, 3.05) is 45.8 Å². The van der Waals surface area contributed by atoms with E-state index in [1.165, 1.54) is 0 Å². The predicted molar refractivity (Wildman–Crippen MR) is 66.4 cm³/mol. The van der Waals surface area contributed by atoms with Crippen LogP contribution in [0.1, 0.15) is 20.8 Å². The largest absolute Gasteiger partial charge is 0.343 e. The molecule has 16 heavy (non-hydrogen) atoms. The summed E-state index contributed by atoms with van der Waals surface area (Å²) in [5, 5.41) is 3.33. The van der Waals surface area contributed by atoms with Crippen molar-refractivity contribution in [2.45, 2.75) is 20.8 Å². The fraction of sp³-hybridized carbons (Fsp3) is 0.917. The summed E-state index contributed by atoms with van der Waals surface area (Å²) in [5.41, 5.74) is 0. The van der Waals surface area contributed by atoms with Crippen molar-refractivity contribution < 1.29 is 4.79 Å². The lowest BCUT2D eigenvalue weighted by Crippen LogP contribution is -2.47. The summed E-state index contributed by atoms with van der Waals surface area (Å²) in [6.07, 6.45) is 0. The number of hydrogen-bond acceptors (Lipinski definition) is 3. The van der Waals surface area contributed by atoms with Crippen molar-refractivity contribution >= 4 is 5.91 Å². The number of rotatable bonds is 5. The summed E-state index contributed by atoms with van der Waals surface area (Å²) < 4.78 is 0. The Morgan fingerprint density at radius 3 is 2.38 bits per heavy atom. The Balaban J connectivity index is 2.37. The molecule has 0 aromatic rings. The van der Waals surface area contributed by atoms with Gasteiger partial charge in [0, 0.05) is 51.7 Å². The Morgan fingerprint density at radius 2 is 1.88 bits per heavy atom. The molecule has 1 aliphatic rings. The molecular weight excluding hydrogens is 202 g/mol. The molecule has 1 unspecified atom stereocenters. The molecule has 1 fully saturated rings. The maximum absolute atomic E-state index is 12.1. The maximum Gasteiger partial charge on any atom is 0.226 e. The first-order valence-corrected chi connectivity index (χ1v) is 6.40. The van der Waals surface area contributed by atoms with E-state index in [0.717, 1.165) is 45.8 Å². The van der Waals surface area contributed by atoms with Crippen LogP contribution in [0.15, 0.2) is 0 Å². The van der Waals surface area contributed by atoms with Crippen molar-refractivity contribution in [1.29, 1.82) is 0 Å². The van der Waals surface area contributed by atoms with E-state index in [0.29, 0.717) is 5.91 Å². The van der Waals surface area contributed by atoms with E-state index in [1.807, 2.05) is 25.7 Å². The van der Waals surface area contributed by atoms with Crippen LogP contribution in [0.5, 0.6) is 0 Å². The Labute approximate surface area is 99.0 Å². The molecule has 1 rings (SSSR count). The number of carbonyl (C=O) groups is 1. The Bertz CT molecular complexity index is 210. The lowest BCUT2D eigenvalue weighted by Gasteiger charge is -2.31. The second-order valence-corrected chi connectivity index (χ2v) is 4.46. The van der Waals surface area contributed by atoms with E-state index >= 15 is 0 Å². The van der Waals surface area contributed by atoms with Gasteiger partial charge in [0.05, 0.1) is 0 Å². The summed E-state index contributed by atoms with van der Waals surface area (Å²) in [7, 11) is 0. The highest BCUT2D eigenvalue weighted by molar-refractivity contribution is 5.78. The zero-order chi connectivity index (χ0) is 12.0. The summed E-state index contributed by atoms with van der Waals surface area (Å²) >= 11 is 0. The topological polar surface area (TPSA) is 35.6 Å². The van der Waals surface area contributed by atoms with Crippen LogP contribution in [0, 0.1) is 5.92 Å². The molecule has 1 saturated heterocycles. The fourth-order valence-corrected chi connectivity index (χ4v) is 2.21. The number of hydrogen-bond donors (Lipinski definition) is 1. The van der Waals surface area contributed by atoms with Gasteiger partial charge >= 0.3 is 0 Å². The molecule has 0 spiro atoms. The van der Waals surface area contributed by atoms with Crippen LogP contribution in [-0.2, 0) is 4.79 Å². The van der Waals surface area contributed by atoms with Gasteiger partial charge in [-0.1, -0.05) is 6.92 Å². The first kappa shape index (κ1) is 13.5. The minimum absolute atomic E-state index is 0.123. The quantitative estimate of drug-likeness (QED) is 0.738. The van der Waals surface area contributed by atoms with Gasteiger partial charge in [0.15, 0.2) is 0 Å². The van der Waals surface area contributed by atoms with Crippen LogP contribution in [0.4, 0.5) is 0 Å². The van der Waals surface area contributed by atoms with Gasteiger partial charge in [-0.25, -0.2) is 0 Å². The van der Waals surface area contributed by atoms with E-state index in [-0.39, 0.29) is 5.92 Å². The molecule has 1 atom stereocenters. The average Bonchev–Trinajstić information content (AvgIpc) is 2.31. The van der Waals surface area contributed by atoms with Gasteiger partial charge < -0.3 is 15.1 Å². The van der Waals surface area contributed by atoms with Gasteiger partial charge in [-0.05, 0) is 13.8 Å². The molecule has 0 radical (unpaired) electrons. The second kappa shape index (κ2) is 6.86. The standard InChI is InChI=1S/C12H25N3O/c1-4-15(5-2)12(16)11(3)10-14-8-6-13-7-9-14/h11,13H,4-10H2,1-3H3. The van der Waals surface area contributed by atoms with Gasteiger partial charge in [0.1, 0.15) is 0 Å². The monoisotopic (exact) mass is 227 g/mol. The number of carbonyl (C=O) groups excluding carboxylic acids is 1. The van der Waals surface area contributed by atoms with Crippen LogP contribution in [0.3, 0.4) is 0 Å².